The van der Waals surface area contributed by atoms with Crippen molar-refractivity contribution < 1.29 is 4.79 Å². The van der Waals surface area contributed by atoms with Gasteiger partial charge in [-0.25, -0.2) is 0 Å². The van der Waals surface area contributed by atoms with Gasteiger partial charge in [0, 0.05) is 11.6 Å². The minimum absolute atomic E-state index is 0.244. The van der Waals surface area contributed by atoms with Gasteiger partial charge in [0.15, 0.2) is 5.78 Å². The van der Waals surface area contributed by atoms with Crippen molar-refractivity contribution in [3.8, 4) is 0 Å². The molecule has 20 heavy (non-hydrogen) atoms. The van der Waals surface area contributed by atoms with Gasteiger partial charge in [0.1, 0.15) is 0 Å². The molecular formula is C18H27NO. The number of hydrogen-bond acceptors (Lipinski definition) is 2. The summed E-state index contributed by atoms with van der Waals surface area (Å²) >= 11 is 0. The zero-order chi connectivity index (χ0) is 14.5. The highest BCUT2D eigenvalue weighted by molar-refractivity contribution is 5.97. The molecule has 0 aromatic heterocycles. The van der Waals surface area contributed by atoms with Gasteiger partial charge in [-0.05, 0) is 37.8 Å². The van der Waals surface area contributed by atoms with E-state index in [1.165, 1.54) is 31.2 Å². The Kier molecular flexibility index (Phi) is 5.36. The molecule has 0 bridgehead atoms. The highest BCUT2D eigenvalue weighted by Gasteiger charge is 2.23. The predicted octanol–water partition coefficient (Wildman–Crippen LogP) is 3.94. The van der Waals surface area contributed by atoms with Crippen molar-refractivity contribution in [3.63, 3.8) is 0 Å². The molecular weight excluding hydrogens is 246 g/mol. The van der Waals surface area contributed by atoms with E-state index >= 15 is 0 Å². The molecule has 1 fully saturated rings. The number of likely N-dealkylation sites (N-methyl/N-ethyl adjacent to an activating group) is 1. The van der Waals surface area contributed by atoms with Gasteiger partial charge >= 0.3 is 0 Å². The van der Waals surface area contributed by atoms with E-state index in [2.05, 4.69) is 37.9 Å². The lowest BCUT2D eigenvalue weighted by molar-refractivity contribution is 0.0882. The van der Waals surface area contributed by atoms with Crippen LogP contribution in [-0.4, -0.2) is 30.3 Å². The fourth-order valence-electron chi connectivity index (χ4n) is 3.18. The highest BCUT2D eigenvalue weighted by Crippen LogP contribution is 2.26. The van der Waals surface area contributed by atoms with Crippen LogP contribution in [-0.2, 0) is 6.42 Å². The Morgan fingerprint density at radius 2 is 1.95 bits per heavy atom. The number of Topliss-reactive ketones (excluding diaryl/α,β-unsaturated/α-hetero) is 1. The second kappa shape index (κ2) is 7.03. The Morgan fingerprint density at radius 3 is 2.55 bits per heavy atom. The Hall–Kier alpha value is -1.15. The summed E-state index contributed by atoms with van der Waals surface area (Å²) in [5.74, 6) is 1.04. The number of ketones is 1. The van der Waals surface area contributed by atoms with Crippen LogP contribution in [0.25, 0.3) is 0 Å². The standard InChI is InChI=1S/C18H27NO/c1-4-15-8-10-16(11-9-15)18(20)13-19(3)17-7-5-6-14(2)12-17/h8-11,14,17H,4-7,12-13H2,1-3H3. The lowest BCUT2D eigenvalue weighted by Gasteiger charge is -2.33. The first-order valence-corrected chi connectivity index (χ1v) is 7.92. The van der Waals surface area contributed by atoms with E-state index in [0.717, 1.165) is 17.9 Å². The fourth-order valence-corrected chi connectivity index (χ4v) is 3.18. The first-order valence-electron chi connectivity index (χ1n) is 7.92. The number of carbonyl (C=O) groups excluding carboxylic acids is 1. The minimum Gasteiger partial charge on any atom is -0.296 e. The molecule has 2 rings (SSSR count). The minimum atomic E-state index is 0.244. The third kappa shape index (κ3) is 3.92. The molecule has 0 radical (unpaired) electrons. The lowest BCUT2D eigenvalue weighted by Crippen LogP contribution is -2.38. The highest BCUT2D eigenvalue weighted by atomic mass is 16.1. The number of benzene rings is 1. The van der Waals surface area contributed by atoms with Gasteiger partial charge in [-0.2, -0.15) is 0 Å². The maximum absolute atomic E-state index is 12.3. The molecule has 0 amide bonds. The summed E-state index contributed by atoms with van der Waals surface area (Å²) in [4.78, 5) is 14.6. The van der Waals surface area contributed by atoms with E-state index in [9.17, 15) is 4.79 Å². The van der Waals surface area contributed by atoms with Crippen molar-refractivity contribution in [1.82, 2.24) is 4.90 Å². The zero-order valence-electron chi connectivity index (χ0n) is 13.1. The molecule has 1 aliphatic rings. The molecule has 2 nitrogen and oxygen atoms in total. The smallest absolute Gasteiger partial charge is 0.176 e. The summed E-state index contributed by atoms with van der Waals surface area (Å²) in [6, 6.07) is 8.65. The number of rotatable bonds is 5. The van der Waals surface area contributed by atoms with Gasteiger partial charge < -0.3 is 0 Å². The third-order valence-electron chi connectivity index (χ3n) is 4.61. The van der Waals surface area contributed by atoms with Gasteiger partial charge in [0.25, 0.3) is 0 Å². The average Bonchev–Trinajstić information content (AvgIpc) is 2.47. The van der Waals surface area contributed by atoms with Gasteiger partial charge in [-0.15, -0.1) is 0 Å². The van der Waals surface area contributed by atoms with Gasteiger partial charge in [-0.1, -0.05) is 51.0 Å². The van der Waals surface area contributed by atoms with Crippen molar-refractivity contribution in [2.24, 2.45) is 5.92 Å². The number of carbonyl (C=O) groups is 1. The first kappa shape index (κ1) is 15.2. The van der Waals surface area contributed by atoms with E-state index in [-0.39, 0.29) is 5.78 Å². The molecule has 2 heteroatoms. The van der Waals surface area contributed by atoms with Crippen LogP contribution >= 0.6 is 0 Å². The molecule has 0 spiro atoms. The predicted molar refractivity (Wildman–Crippen MR) is 84.2 cm³/mol. The van der Waals surface area contributed by atoms with Crippen LogP contribution in [0.15, 0.2) is 24.3 Å². The Morgan fingerprint density at radius 1 is 1.25 bits per heavy atom. The zero-order valence-corrected chi connectivity index (χ0v) is 13.1. The molecule has 1 aromatic rings. The quantitative estimate of drug-likeness (QED) is 0.757. The topological polar surface area (TPSA) is 20.3 Å². The normalized spacial score (nSPS) is 23.0. The van der Waals surface area contributed by atoms with E-state index in [0.29, 0.717) is 12.6 Å². The van der Waals surface area contributed by atoms with Crippen LogP contribution in [0, 0.1) is 5.92 Å². The van der Waals surface area contributed by atoms with Crippen LogP contribution in [0.5, 0.6) is 0 Å². The van der Waals surface area contributed by atoms with Gasteiger partial charge in [0.05, 0.1) is 6.54 Å². The molecule has 1 aromatic carbocycles. The summed E-state index contributed by atoms with van der Waals surface area (Å²) in [7, 11) is 2.10. The summed E-state index contributed by atoms with van der Waals surface area (Å²) in [6.45, 7) is 5.00. The van der Waals surface area contributed by atoms with Crippen LogP contribution in [0.3, 0.4) is 0 Å². The molecule has 110 valence electrons. The van der Waals surface area contributed by atoms with Crippen LogP contribution in [0.2, 0.25) is 0 Å². The fraction of sp³-hybridized carbons (Fsp3) is 0.611. The van der Waals surface area contributed by atoms with E-state index in [1.54, 1.807) is 0 Å². The van der Waals surface area contributed by atoms with Crippen molar-refractivity contribution in [2.75, 3.05) is 13.6 Å². The second-order valence-corrected chi connectivity index (χ2v) is 6.31. The SMILES string of the molecule is CCc1ccc(C(=O)CN(C)C2CCCC(C)C2)cc1. The number of hydrogen-bond donors (Lipinski definition) is 0. The van der Waals surface area contributed by atoms with E-state index < -0.39 is 0 Å². The van der Waals surface area contributed by atoms with E-state index in [1.807, 2.05) is 12.1 Å². The van der Waals surface area contributed by atoms with Crippen molar-refractivity contribution in [2.45, 2.75) is 52.0 Å². The first-order chi connectivity index (χ1) is 9.60. The average molecular weight is 273 g/mol. The second-order valence-electron chi connectivity index (χ2n) is 6.31. The van der Waals surface area contributed by atoms with Crippen molar-refractivity contribution in [3.05, 3.63) is 35.4 Å². The van der Waals surface area contributed by atoms with Crippen LogP contribution in [0.4, 0.5) is 0 Å². The molecule has 1 aliphatic carbocycles. The summed E-state index contributed by atoms with van der Waals surface area (Å²) in [5.41, 5.74) is 2.13. The van der Waals surface area contributed by atoms with Gasteiger partial charge in [-0.3, -0.25) is 9.69 Å². The Bertz CT molecular complexity index is 437. The maximum atomic E-state index is 12.3. The monoisotopic (exact) mass is 273 g/mol. The number of aryl methyl sites for hydroxylation is 1. The molecule has 0 heterocycles. The molecule has 0 N–H and O–H groups in total. The van der Waals surface area contributed by atoms with Gasteiger partial charge in [0.2, 0.25) is 0 Å². The van der Waals surface area contributed by atoms with E-state index in [4.69, 9.17) is 0 Å². The molecule has 0 saturated heterocycles. The molecule has 2 unspecified atom stereocenters. The van der Waals surface area contributed by atoms with Crippen molar-refractivity contribution in [1.29, 1.82) is 0 Å². The lowest BCUT2D eigenvalue weighted by atomic mass is 9.86. The van der Waals surface area contributed by atoms with Crippen molar-refractivity contribution >= 4 is 5.78 Å². The number of nitrogens with zero attached hydrogens (tertiary/aromatic N) is 1. The summed E-state index contributed by atoms with van der Waals surface area (Å²) in [6.07, 6.45) is 6.14. The molecule has 0 aliphatic heterocycles. The molecule has 1 saturated carbocycles. The Balaban J connectivity index is 1.92. The Labute approximate surface area is 123 Å². The van der Waals surface area contributed by atoms with Crippen LogP contribution < -0.4 is 0 Å². The third-order valence-corrected chi connectivity index (χ3v) is 4.61. The van der Waals surface area contributed by atoms with Crippen LogP contribution in [0.1, 0.15) is 55.5 Å². The largest absolute Gasteiger partial charge is 0.296 e. The maximum Gasteiger partial charge on any atom is 0.176 e. The summed E-state index contributed by atoms with van der Waals surface area (Å²) < 4.78 is 0. The molecule has 2 atom stereocenters. The summed E-state index contributed by atoms with van der Waals surface area (Å²) in [5, 5.41) is 0.